The van der Waals surface area contributed by atoms with Crippen LogP contribution in [0.15, 0.2) is 46.6 Å². The topological polar surface area (TPSA) is 55.8 Å². The molecule has 0 fully saturated rings. The molecule has 0 unspecified atom stereocenters. The van der Waals surface area contributed by atoms with Crippen LogP contribution in [0.2, 0.25) is 0 Å². The molecule has 0 spiro atoms. The zero-order valence-corrected chi connectivity index (χ0v) is 18.7. The molecule has 4 nitrogen and oxygen atoms in total. The van der Waals surface area contributed by atoms with Crippen LogP contribution >= 0.6 is 15.9 Å². The van der Waals surface area contributed by atoms with Crippen molar-refractivity contribution in [1.82, 2.24) is 0 Å². The van der Waals surface area contributed by atoms with Crippen molar-refractivity contribution in [1.29, 1.82) is 0 Å². The zero-order chi connectivity index (χ0) is 21.6. The Balaban J connectivity index is 2.06. The Labute approximate surface area is 178 Å². The maximum Gasteiger partial charge on any atom is 0.198 e. The average molecular weight is 463 g/mol. The van der Waals surface area contributed by atoms with E-state index in [-0.39, 0.29) is 22.9 Å². The zero-order valence-electron chi connectivity index (χ0n) is 17.1. The molecule has 1 N–H and O–H groups in total. The summed E-state index contributed by atoms with van der Waals surface area (Å²) in [6.07, 6.45) is 0.598. The molecule has 0 atom stereocenters. The summed E-state index contributed by atoms with van der Waals surface area (Å²) in [6, 6.07) is 9.73. The minimum Gasteiger partial charge on any atom is -0.508 e. The predicted octanol–water partition coefficient (Wildman–Crippen LogP) is 6.37. The first kappa shape index (κ1) is 21.5. The van der Waals surface area contributed by atoms with Crippen LogP contribution in [-0.4, -0.2) is 22.1 Å². The summed E-state index contributed by atoms with van der Waals surface area (Å²) in [7, 11) is 0. The third-order valence-corrected chi connectivity index (χ3v) is 5.43. The molecule has 1 aliphatic heterocycles. The van der Waals surface area contributed by atoms with Crippen molar-refractivity contribution in [2.24, 2.45) is 0 Å². The van der Waals surface area contributed by atoms with E-state index in [1.54, 1.807) is 58.0 Å². The van der Waals surface area contributed by atoms with Crippen molar-refractivity contribution in [3.05, 3.63) is 63.6 Å². The molecule has 6 heteroatoms. The molecule has 29 heavy (non-hydrogen) atoms. The standard InChI is InChI=1S/C23H24BrFO4/c1-6-13-11-15(28-18-10-7-14(24)12-17(18)25)8-9-16(13)19-20(26)22(2,3)29-23(4,5)21(19)27/h7-12,26H,6H2,1-5H3. The molecule has 0 saturated carbocycles. The first-order valence-electron chi connectivity index (χ1n) is 9.41. The highest BCUT2D eigenvalue weighted by molar-refractivity contribution is 9.10. The van der Waals surface area contributed by atoms with E-state index in [1.165, 1.54) is 6.07 Å². The highest BCUT2D eigenvalue weighted by Gasteiger charge is 2.47. The molecule has 0 aromatic heterocycles. The van der Waals surface area contributed by atoms with Gasteiger partial charge in [0, 0.05) is 4.47 Å². The molecule has 2 aromatic carbocycles. The lowest BCUT2D eigenvalue weighted by Crippen LogP contribution is -2.49. The third-order valence-electron chi connectivity index (χ3n) is 4.94. The second kappa shape index (κ2) is 7.58. The number of hydrogen-bond acceptors (Lipinski definition) is 4. The van der Waals surface area contributed by atoms with Crippen LogP contribution < -0.4 is 4.74 Å². The fourth-order valence-corrected chi connectivity index (χ4v) is 3.88. The molecule has 0 bridgehead atoms. The van der Waals surface area contributed by atoms with E-state index in [9.17, 15) is 14.3 Å². The van der Waals surface area contributed by atoms with Crippen LogP contribution in [-0.2, 0) is 16.0 Å². The highest BCUT2D eigenvalue weighted by atomic mass is 79.9. The van der Waals surface area contributed by atoms with E-state index in [0.717, 1.165) is 5.56 Å². The summed E-state index contributed by atoms with van der Waals surface area (Å²) in [5.74, 6) is -0.301. The van der Waals surface area contributed by atoms with E-state index in [2.05, 4.69) is 15.9 Å². The van der Waals surface area contributed by atoms with E-state index in [1.807, 2.05) is 6.92 Å². The summed E-state index contributed by atoms with van der Waals surface area (Å²) in [6.45, 7) is 8.80. The Kier molecular flexibility index (Phi) is 5.62. The molecule has 1 aliphatic rings. The third kappa shape index (κ3) is 4.09. The van der Waals surface area contributed by atoms with Gasteiger partial charge >= 0.3 is 0 Å². The van der Waals surface area contributed by atoms with Gasteiger partial charge in [0.2, 0.25) is 0 Å². The second-order valence-corrected chi connectivity index (χ2v) is 8.94. The minimum atomic E-state index is -1.06. The van der Waals surface area contributed by atoms with E-state index < -0.39 is 17.0 Å². The van der Waals surface area contributed by atoms with Gasteiger partial charge in [-0.2, -0.15) is 0 Å². The van der Waals surface area contributed by atoms with Crippen molar-refractivity contribution < 1.29 is 23.8 Å². The monoisotopic (exact) mass is 462 g/mol. The van der Waals surface area contributed by atoms with Gasteiger partial charge in [-0.3, -0.25) is 4.79 Å². The van der Waals surface area contributed by atoms with Crippen LogP contribution in [0.3, 0.4) is 0 Å². The highest BCUT2D eigenvalue weighted by Crippen LogP contribution is 2.41. The number of rotatable bonds is 4. The predicted molar refractivity (Wildman–Crippen MR) is 114 cm³/mol. The van der Waals surface area contributed by atoms with E-state index in [0.29, 0.717) is 22.2 Å². The lowest BCUT2D eigenvalue weighted by atomic mass is 9.81. The van der Waals surface area contributed by atoms with E-state index in [4.69, 9.17) is 9.47 Å². The Hall–Kier alpha value is -2.18. The number of ketones is 1. The van der Waals surface area contributed by atoms with E-state index >= 15 is 0 Å². The van der Waals surface area contributed by atoms with Crippen molar-refractivity contribution in [2.45, 2.75) is 52.2 Å². The molecule has 2 aromatic rings. The molecular weight excluding hydrogens is 439 g/mol. The Morgan fingerprint density at radius 3 is 2.41 bits per heavy atom. The number of carbonyl (C=O) groups excluding carboxylic acids is 1. The first-order valence-corrected chi connectivity index (χ1v) is 10.2. The van der Waals surface area contributed by atoms with Gasteiger partial charge in [0.25, 0.3) is 0 Å². The summed E-state index contributed by atoms with van der Waals surface area (Å²) < 4.78 is 26.2. The van der Waals surface area contributed by atoms with Gasteiger partial charge in [0.15, 0.2) is 17.3 Å². The largest absolute Gasteiger partial charge is 0.508 e. The quantitative estimate of drug-likeness (QED) is 0.573. The minimum absolute atomic E-state index is 0.0934. The number of aryl methyl sites for hydroxylation is 1. The van der Waals surface area contributed by atoms with Gasteiger partial charge in [-0.05, 0) is 75.6 Å². The molecular formula is C23H24BrFO4. The van der Waals surface area contributed by atoms with Crippen molar-refractivity contribution >= 4 is 27.3 Å². The van der Waals surface area contributed by atoms with Crippen molar-refractivity contribution in [3.8, 4) is 11.5 Å². The van der Waals surface area contributed by atoms with Crippen molar-refractivity contribution in [3.63, 3.8) is 0 Å². The number of ether oxygens (including phenoxy) is 2. The molecule has 1 heterocycles. The number of aliphatic hydroxyl groups is 1. The van der Waals surface area contributed by atoms with Gasteiger partial charge in [0.1, 0.15) is 22.7 Å². The first-order chi connectivity index (χ1) is 13.5. The normalized spacial score (nSPS) is 18.1. The van der Waals surface area contributed by atoms with Gasteiger partial charge in [-0.1, -0.05) is 28.9 Å². The van der Waals surface area contributed by atoms with Crippen LogP contribution in [0, 0.1) is 5.82 Å². The summed E-state index contributed by atoms with van der Waals surface area (Å²) in [5, 5.41) is 10.8. The lowest BCUT2D eigenvalue weighted by molar-refractivity contribution is -0.158. The number of benzene rings is 2. The maximum atomic E-state index is 14.1. The average Bonchev–Trinajstić information content (AvgIpc) is 2.63. The molecule has 154 valence electrons. The van der Waals surface area contributed by atoms with Gasteiger partial charge in [0.05, 0.1) is 5.57 Å². The summed E-state index contributed by atoms with van der Waals surface area (Å²) >= 11 is 3.22. The number of aliphatic hydroxyl groups excluding tert-OH is 1. The molecule has 0 aliphatic carbocycles. The van der Waals surface area contributed by atoms with Crippen LogP contribution in [0.25, 0.3) is 5.57 Å². The molecule has 3 rings (SSSR count). The number of hydrogen-bond donors (Lipinski definition) is 1. The number of halogens is 2. The van der Waals surface area contributed by atoms with Crippen LogP contribution in [0.5, 0.6) is 11.5 Å². The number of carbonyl (C=O) groups is 1. The SMILES string of the molecule is CCc1cc(Oc2ccc(Br)cc2F)ccc1C1=C(O)C(C)(C)OC(C)(C)C1=O. The molecule has 0 amide bonds. The second-order valence-electron chi connectivity index (χ2n) is 8.02. The fraction of sp³-hybridized carbons (Fsp3) is 0.348. The lowest BCUT2D eigenvalue weighted by Gasteiger charge is -2.40. The Morgan fingerprint density at radius 1 is 1.10 bits per heavy atom. The molecule has 0 saturated heterocycles. The Morgan fingerprint density at radius 2 is 1.79 bits per heavy atom. The Bertz CT molecular complexity index is 1010. The molecule has 0 radical (unpaired) electrons. The van der Waals surface area contributed by atoms with Crippen LogP contribution in [0.4, 0.5) is 4.39 Å². The maximum absolute atomic E-state index is 14.1. The van der Waals surface area contributed by atoms with Gasteiger partial charge in [-0.15, -0.1) is 0 Å². The fourth-order valence-electron chi connectivity index (χ4n) is 3.55. The number of Topliss-reactive ketones (excluding diaryl/α,β-unsaturated/α-hetero) is 1. The summed E-state index contributed by atoms with van der Waals surface area (Å²) in [5.41, 5.74) is -0.366. The van der Waals surface area contributed by atoms with Crippen LogP contribution in [0.1, 0.15) is 45.7 Å². The van der Waals surface area contributed by atoms with Crippen molar-refractivity contribution in [2.75, 3.05) is 0 Å². The smallest absolute Gasteiger partial charge is 0.198 e. The summed E-state index contributed by atoms with van der Waals surface area (Å²) in [4.78, 5) is 13.0. The van der Waals surface area contributed by atoms with Gasteiger partial charge in [-0.25, -0.2) is 4.39 Å². The van der Waals surface area contributed by atoms with Gasteiger partial charge < -0.3 is 14.6 Å².